The van der Waals surface area contributed by atoms with Gasteiger partial charge in [-0.05, 0) is 85.1 Å². The zero-order valence-electron chi connectivity index (χ0n) is 15.7. The van der Waals surface area contributed by atoms with Crippen molar-refractivity contribution in [2.75, 3.05) is 6.61 Å². The monoisotopic (exact) mass is 354 g/mol. The van der Waals surface area contributed by atoms with E-state index in [-0.39, 0.29) is 12.0 Å². The molecule has 3 heteroatoms. The Morgan fingerprint density at radius 1 is 1.23 bits per heavy atom. The first-order valence-corrected chi connectivity index (χ1v) is 10.2. The largest absolute Gasteiger partial charge is 0.508 e. The molecule has 3 aliphatic rings. The molecule has 0 heterocycles. The maximum absolute atomic E-state index is 12.6. The average Bonchev–Trinajstić information content (AvgIpc) is 2.93. The predicted molar refractivity (Wildman–Crippen MR) is 102 cm³/mol. The van der Waals surface area contributed by atoms with Crippen molar-refractivity contribution in [3.8, 4) is 5.75 Å². The van der Waals surface area contributed by atoms with Crippen molar-refractivity contribution < 1.29 is 15.0 Å². The highest BCUT2D eigenvalue weighted by Gasteiger charge is 2.54. The molecule has 140 valence electrons. The number of hydrogen-bond donors (Lipinski definition) is 2. The Kier molecular flexibility index (Phi) is 4.68. The number of aliphatic hydroxyl groups excluding tert-OH is 1. The summed E-state index contributed by atoms with van der Waals surface area (Å²) in [6.07, 6.45) is 11.3. The van der Waals surface area contributed by atoms with Gasteiger partial charge < -0.3 is 10.2 Å². The van der Waals surface area contributed by atoms with Crippen LogP contribution in [0.2, 0.25) is 0 Å². The molecular weight excluding hydrogens is 324 g/mol. The van der Waals surface area contributed by atoms with Crippen LogP contribution in [-0.4, -0.2) is 22.6 Å². The Morgan fingerprint density at radius 2 is 2.08 bits per heavy atom. The van der Waals surface area contributed by atoms with E-state index in [1.54, 1.807) is 0 Å². The van der Waals surface area contributed by atoms with Gasteiger partial charge in [-0.1, -0.05) is 31.9 Å². The summed E-state index contributed by atoms with van der Waals surface area (Å²) >= 11 is 0. The van der Waals surface area contributed by atoms with Crippen LogP contribution in [0.15, 0.2) is 30.4 Å². The van der Waals surface area contributed by atoms with Gasteiger partial charge in [-0.2, -0.15) is 0 Å². The molecule has 0 aromatic heterocycles. The number of phenols is 1. The summed E-state index contributed by atoms with van der Waals surface area (Å²) in [6, 6.07) is 5.89. The van der Waals surface area contributed by atoms with Crippen LogP contribution in [0.25, 0.3) is 0 Å². The van der Waals surface area contributed by atoms with Gasteiger partial charge in [-0.15, -0.1) is 0 Å². The van der Waals surface area contributed by atoms with Crippen LogP contribution in [0.1, 0.15) is 62.5 Å². The zero-order valence-corrected chi connectivity index (χ0v) is 15.7. The Balaban J connectivity index is 1.66. The molecular formula is C23H30O3. The quantitative estimate of drug-likeness (QED) is 0.772. The van der Waals surface area contributed by atoms with Gasteiger partial charge in [0.25, 0.3) is 0 Å². The van der Waals surface area contributed by atoms with E-state index in [2.05, 4.69) is 19.1 Å². The topological polar surface area (TPSA) is 57.5 Å². The summed E-state index contributed by atoms with van der Waals surface area (Å²) in [7, 11) is 0. The van der Waals surface area contributed by atoms with Gasteiger partial charge in [0.2, 0.25) is 0 Å². The summed E-state index contributed by atoms with van der Waals surface area (Å²) < 4.78 is 0. The molecule has 0 radical (unpaired) electrons. The van der Waals surface area contributed by atoms with Crippen LogP contribution in [0, 0.1) is 23.2 Å². The van der Waals surface area contributed by atoms with E-state index < -0.39 is 0 Å². The lowest BCUT2D eigenvalue weighted by atomic mass is 9.52. The fraction of sp³-hybridized carbons (Fsp3) is 0.609. The van der Waals surface area contributed by atoms with Gasteiger partial charge in [0.1, 0.15) is 5.75 Å². The Hall–Kier alpha value is -1.61. The molecule has 3 nitrogen and oxygen atoms in total. The van der Waals surface area contributed by atoms with Crippen LogP contribution < -0.4 is 0 Å². The van der Waals surface area contributed by atoms with Gasteiger partial charge in [0.15, 0.2) is 5.78 Å². The lowest BCUT2D eigenvalue weighted by molar-refractivity contribution is -0.127. The average molecular weight is 354 g/mol. The van der Waals surface area contributed by atoms with E-state index >= 15 is 0 Å². The minimum atomic E-state index is -0.209. The molecule has 3 aliphatic carbocycles. The van der Waals surface area contributed by atoms with Crippen molar-refractivity contribution in [3.05, 3.63) is 41.5 Å². The molecule has 26 heavy (non-hydrogen) atoms. The second-order valence-electron chi connectivity index (χ2n) is 8.81. The number of rotatable bonds is 5. The minimum Gasteiger partial charge on any atom is -0.508 e. The molecule has 1 aromatic rings. The molecule has 2 N–H and O–H groups in total. The fourth-order valence-electron chi connectivity index (χ4n) is 6.02. The highest BCUT2D eigenvalue weighted by Crippen LogP contribution is 2.59. The standard InChI is InChI=1S/C23H30O3/c1-23-11-10-19-18-7-6-17(25)14-16(18)13-15(5-3-2-4-12-24)22(19)20(23)8-9-21(23)26/h6-9,14-15,19-20,22,24-25H,2-5,10-13H2,1H3/t15-,19-,20+,22-,23+/m1/s1. The summed E-state index contributed by atoms with van der Waals surface area (Å²) in [5.41, 5.74) is 2.49. The normalized spacial score (nSPS) is 35.1. The third-order valence-corrected chi connectivity index (χ3v) is 7.39. The summed E-state index contributed by atoms with van der Waals surface area (Å²) in [5, 5.41) is 19.0. The lowest BCUT2D eigenvalue weighted by Gasteiger charge is -2.51. The number of hydrogen-bond acceptors (Lipinski definition) is 3. The molecule has 4 rings (SSSR count). The van der Waals surface area contributed by atoms with Gasteiger partial charge in [-0.25, -0.2) is 0 Å². The first-order chi connectivity index (χ1) is 12.5. The molecule has 0 spiro atoms. The number of allylic oxidation sites excluding steroid dienone is 2. The van der Waals surface area contributed by atoms with Gasteiger partial charge in [0.05, 0.1) is 0 Å². The lowest BCUT2D eigenvalue weighted by Crippen LogP contribution is -2.46. The van der Waals surface area contributed by atoms with E-state index in [0.29, 0.717) is 35.2 Å². The van der Waals surface area contributed by atoms with E-state index in [1.165, 1.54) is 11.1 Å². The molecule has 0 amide bonds. The third-order valence-electron chi connectivity index (χ3n) is 7.39. The molecule has 0 aliphatic heterocycles. The zero-order chi connectivity index (χ0) is 18.3. The number of carbonyl (C=O) groups excluding carboxylic acids is 1. The van der Waals surface area contributed by atoms with Crippen molar-refractivity contribution in [2.45, 2.75) is 57.8 Å². The van der Waals surface area contributed by atoms with Crippen molar-refractivity contribution in [3.63, 3.8) is 0 Å². The molecule has 1 aromatic carbocycles. The minimum absolute atomic E-state index is 0.209. The van der Waals surface area contributed by atoms with E-state index in [9.17, 15) is 9.90 Å². The number of carbonyl (C=O) groups is 1. The van der Waals surface area contributed by atoms with Crippen molar-refractivity contribution in [1.82, 2.24) is 0 Å². The molecule has 1 fully saturated rings. The number of ketones is 1. The summed E-state index contributed by atoms with van der Waals surface area (Å²) in [6.45, 7) is 2.44. The van der Waals surface area contributed by atoms with Crippen LogP contribution in [0.4, 0.5) is 0 Å². The third kappa shape index (κ3) is 2.81. The molecule has 0 saturated heterocycles. The second kappa shape index (κ2) is 6.84. The number of phenolic OH excluding ortho intramolecular Hbond substituents is 1. The Labute approximate surface area is 156 Å². The Morgan fingerprint density at radius 3 is 2.88 bits per heavy atom. The van der Waals surface area contributed by atoms with E-state index in [0.717, 1.165) is 44.9 Å². The number of aliphatic hydroxyl groups is 1. The summed E-state index contributed by atoms with van der Waals surface area (Å²) in [4.78, 5) is 12.6. The SMILES string of the molecule is C[C@]12CC[C@@H]3c4ccc(O)cc4C[C@@H](CCCCCO)[C@H]3[C@@H]1C=CC2=O. The highest BCUT2D eigenvalue weighted by atomic mass is 16.3. The number of fused-ring (bicyclic) bond motifs is 5. The van der Waals surface area contributed by atoms with E-state index in [4.69, 9.17) is 5.11 Å². The highest BCUT2D eigenvalue weighted by molar-refractivity contribution is 5.97. The van der Waals surface area contributed by atoms with Crippen molar-refractivity contribution in [1.29, 1.82) is 0 Å². The van der Waals surface area contributed by atoms with Crippen LogP contribution in [-0.2, 0) is 11.2 Å². The fourth-order valence-corrected chi connectivity index (χ4v) is 6.02. The first kappa shape index (κ1) is 17.8. The van der Waals surface area contributed by atoms with Gasteiger partial charge >= 0.3 is 0 Å². The van der Waals surface area contributed by atoms with E-state index in [1.807, 2.05) is 18.2 Å². The molecule has 0 bridgehead atoms. The molecule has 1 saturated carbocycles. The van der Waals surface area contributed by atoms with Crippen LogP contribution in [0.3, 0.4) is 0 Å². The maximum Gasteiger partial charge on any atom is 0.161 e. The van der Waals surface area contributed by atoms with Crippen molar-refractivity contribution in [2.24, 2.45) is 23.2 Å². The van der Waals surface area contributed by atoms with Gasteiger partial charge in [0, 0.05) is 12.0 Å². The van der Waals surface area contributed by atoms with Crippen LogP contribution in [0.5, 0.6) is 5.75 Å². The summed E-state index contributed by atoms with van der Waals surface area (Å²) in [5.74, 6) is 2.58. The first-order valence-electron chi connectivity index (χ1n) is 10.2. The number of unbranched alkanes of at least 4 members (excludes halogenated alkanes) is 2. The number of aromatic hydroxyl groups is 1. The smallest absolute Gasteiger partial charge is 0.161 e. The molecule has 5 atom stereocenters. The second-order valence-corrected chi connectivity index (χ2v) is 8.81. The van der Waals surface area contributed by atoms with Gasteiger partial charge in [-0.3, -0.25) is 4.79 Å². The number of benzene rings is 1. The Bertz CT molecular complexity index is 722. The molecule has 0 unspecified atom stereocenters. The van der Waals surface area contributed by atoms with Crippen molar-refractivity contribution >= 4 is 5.78 Å². The van der Waals surface area contributed by atoms with Crippen LogP contribution >= 0.6 is 0 Å². The predicted octanol–water partition coefficient (Wildman–Crippen LogP) is 4.37. The maximum atomic E-state index is 12.6.